The highest BCUT2D eigenvalue weighted by atomic mass is 16.5. The van der Waals surface area contributed by atoms with Crippen molar-refractivity contribution < 1.29 is 14.6 Å². The maximum Gasteiger partial charge on any atom is 0.335 e. The Morgan fingerprint density at radius 3 is 2.92 bits per heavy atom. The number of carboxylic acid groups (broad SMARTS) is 1. The van der Waals surface area contributed by atoms with Gasteiger partial charge in [-0.05, 0) is 67.1 Å². The molecule has 0 aliphatic heterocycles. The van der Waals surface area contributed by atoms with E-state index < -0.39 is 5.97 Å². The number of ether oxygens (including phenoxy) is 1. The first-order valence-corrected chi connectivity index (χ1v) is 8.40. The molecule has 1 unspecified atom stereocenters. The normalized spacial score (nSPS) is 16.5. The third kappa shape index (κ3) is 3.60. The molecule has 4 nitrogen and oxygen atoms in total. The van der Waals surface area contributed by atoms with Gasteiger partial charge in [0.25, 0.3) is 0 Å². The number of aryl methyl sites for hydroxylation is 1. The molecule has 2 N–H and O–H groups in total. The third-order valence-electron chi connectivity index (χ3n) is 4.68. The summed E-state index contributed by atoms with van der Waals surface area (Å²) in [7, 11) is 1.70. The van der Waals surface area contributed by atoms with Crippen molar-refractivity contribution in [2.75, 3.05) is 13.7 Å². The van der Waals surface area contributed by atoms with Crippen LogP contribution in [-0.2, 0) is 12.8 Å². The molecule has 24 heavy (non-hydrogen) atoms. The van der Waals surface area contributed by atoms with Crippen LogP contribution in [-0.4, -0.2) is 24.7 Å². The van der Waals surface area contributed by atoms with Gasteiger partial charge in [-0.15, -0.1) is 0 Å². The zero-order valence-electron chi connectivity index (χ0n) is 13.9. The van der Waals surface area contributed by atoms with Crippen LogP contribution in [0.1, 0.15) is 45.9 Å². The summed E-state index contributed by atoms with van der Waals surface area (Å²) in [5, 5.41) is 12.8. The van der Waals surface area contributed by atoms with Gasteiger partial charge in [-0.1, -0.05) is 24.3 Å². The number of rotatable bonds is 6. The predicted molar refractivity (Wildman–Crippen MR) is 93.8 cm³/mol. The fourth-order valence-electron chi connectivity index (χ4n) is 3.45. The molecule has 0 spiro atoms. The number of carbonyl (C=O) groups is 1. The number of fused-ring (bicyclic) bond motifs is 1. The molecule has 0 heterocycles. The predicted octanol–water partition coefficient (Wildman–Crippen LogP) is 3.60. The molecule has 1 aliphatic carbocycles. The summed E-state index contributed by atoms with van der Waals surface area (Å²) in [4.78, 5) is 11.1. The second-order valence-electron chi connectivity index (χ2n) is 6.18. The van der Waals surface area contributed by atoms with Gasteiger partial charge in [0.05, 0.1) is 12.7 Å². The number of para-hydroxylation sites is 1. The lowest BCUT2D eigenvalue weighted by atomic mass is 9.86. The first-order chi connectivity index (χ1) is 11.7. The fraction of sp³-hybridized carbons (Fsp3) is 0.350. The molecule has 0 saturated carbocycles. The van der Waals surface area contributed by atoms with Crippen LogP contribution in [0.5, 0.6) is 5.75 Å². The average Bonchev–Trinajstić information content (AvgIpc) is 2.61. The van der Waals surface area contributed by atoms with Crippen molar-refractivity contribution in [3.05, 3.63) is 64.7 Å². The Bertz CT molecular complexity index is 727. The van der Waals surface area contributed by atoms with Gasteiger partial charge in [-0.3, -0.25) is 0 Å². The van der Waals surface area contributed by atoms with Crippen molar-refractivity contribution in [1.29, 1.82) is 0 Å². The Kier molecular flexibility index (Phi) is 5.16. The van der Waals surface area contributed by atoms with Crippen molar-refractivity contribution in [3.8, 4) is 5.75 Å². The van der Waals surface area contributed by atoms with Crippen molar-refractivity contribution >= 4 is 5.97 Å². The van der Waals surface area contributed by atoms with Gasteiger partial charge >= 0.3 is 5.97 Å². The van der Waals surface area contributed by atoms with Crippen molar-refractivity contribution in [2.24, 2.45) is 0 Å². The Morgan fingerprint density at radius 1 is 1.29 bits per heavy atom. The van der Waals surface area contributed by atoms with E-state index in [-0.39, 0.29) is 0 Å². The lowest BCUT2D eigenvalue weighted by Crippen LogP contribution is -2.27. The van der Waals surface area contributed by atoms with Gasteiger partial charge < -0.3 is 15.2 Å². The van der Waals surface area contributed by atoms with Crippen LogP contribution < -0.4 is 10.1 Å². The second kappa shape index (κ2) is 7.49. The number of carboxylic acids is 1. The number of benzene rings is 2. The topological polar surface area (TPSA) is 58.6 Å². The Hall–Kier alpha value is -2.33. The fourth-order valence-corrected chi connectivity index (χ4v) is 3.45. The lowest BCUT2D eigenvalue weighted by Gasteiger charge is -2.27. The highest BCUT2D eigenvalue weighted by Gasteiger charge is 2.20. The molecule has 0 bridgehead atoms. The lowest BCUT2D eigenvalue weighted by molar-refractivity contribution is 0.0696. The smallest absolute Gasteiger partial charge is 0.335 e. The van der Waals surface area contributed by atoms with Crippen molar-refractivity contribution in [3.63, 3.8) is 0 Å². The van der Waals surface area contributed by atoms with Crippen molar-refractivity contribution in [1.82, 2.24) is 5.32 Å². The maximum absolute atomic E-state index is 11.1. The molecule has 0 amide bonds. The number of methoxy groups -OCH3 is 1. The molecule has 0 saturated heterocycles. The van der Waals surface area contributed by atoms with E-state index in [1.54, 1.807) is 13.2 Å². The average molecular weight is 325 g/mol. The van der Waals surface area contributed by atoms with E-state index in [0.717, 1.165) is 43.5 Å². The van der Waals surface area contributed by atoms with Crippen LogP contribution in [0.2, 0.25) is 0 Å². The van der Waals surface area contributed by atoms with E-state index in [2.05, 4.69) is 11.4 Å². The molecule has 1 atom stereocenters. The summed E-state index contributed by atoms with van der Waals surface area (Å²) in [6, 6.07) is 13.9. The van der Waals surface area contributed by atoms with Crippen LogP contribution in [0.15, 0.2) is 42.5 Å². The van der Waals surface area contributed by atoms with Gasteiger partial charge in [-0.25, -0.2) is 4.79 Å². The summed E-state index contributed by atoms with van der Waals surface area (Å²) >= 11 is 0. The third-order valence-corrected chi connectivity index (χ3v) is 4.68. The molecule has 4 heteroatoms. The van der Waals surface area contributed by atoms with Crippen LogP contribution in [0.25, 0.3) is 0 Å². The molecule has 1 aliphatic rings. The quantitative estimate of drug-likeness (QED) is 0.852. The second-order valence-corrected chi connectivity index (χ2v) is 6.18. The van der Waals surface area contributed by atoms with E-state index in [1.807, 2.05) is 30.3 Å². The van der Waals surface area contributed by atoms with E-state index in [0.29, 0.717) is 11.6 Å². The van der Waals surface area contributed by atoms with E-state index in [9.17, 15) is 4.79 Å². The minimum atomic E-state index is -0.857. The first kappa shape index (κ1) is 16.5. The summed E-state index contributed by atoms with van der Waals surface area (Å²) in [5.41, 5.74) is 3.98. The van der Waals surface area contributed by atoms with Gasteiger partial charge in [0.2, 0.25) is 0 Å². The molecule has 2 aromatic rings. The van der Waals surface area contributed by atoms with E-state index in [1.165, 1.54) is 11.1 Å². The molecule has 2 aromatic carbocycles. The first-order valence-electron chi connectivity index (χ1n) is 8.40. The molecule has 3 rings (SSSR count). The molecule has 0 aromatic heterocycles. The van der Waals surface area contributed by atoms with Gasteiger partial charge in [0.15, 0.2) is 0 Å². The summed E-state index contributed by atoms with van der Waals surface area (Å²) in [6.45, 7) is 0.866. The molecular weight excluding hydrogens is 302 g/mol. The zero-order chi connectivity index (χ0) is 16.9. The van der Waals surface area contributed by atoms with E-state index in [4.69, 9.17) is 9.84 Å². The monoisotopic (exact) mass is 325 g/mol. The standard InChI is InChI=1S/C20H23NO3/c1-24-19-8-3-2-5-14(19)11-12-21-18-7-4-6-15-13-16(20(22)23)9-10-17(15)18/h2-3,5,8-10,13,18,21H,4,6-7,11-12H2,1H3,(H,22,23). The SMILES string of the molecule is COc1ccccc1CCNC1CCCc2cc(C(=O)O)ccc21. The molecule has 0 fully saturated rings. The maximum atomic E-state index is 11.1. The summed E-state index contributed by atoms with van der Waals surface area (Å²) in [6.07, 6.45) is 4.04. The van der Waals surface area contributed by atoms with Crippen LogP contribution in [0.3, 0.4) is 0 Å². The summed E-state index contributed by atoms with van der Waals surface area (Å²) < 4.78 is 5.40. The molecule has 0 radical (unpaired) electrons. The largest absolute Gasteiger partial charge is 0.496 e. The van der Waals surface area contributed by atoms with Gasteiger partial charge in [-0.2, -0.15) is 0 Å². The number of nitrogens with one attached hydrogen (secondary N) is 1. The Balaban J connectivity index is 1.66. The number of aromatic carboxylic acids is 1. The van der Waals surface area contributed by atoms with Gasteiger partial charge in [0, 0.05) is 6.04 Å². The highest BCUT2D eigenvalue weighted by molar-refractivity contribution is 5.88. The minimum Gasteiger partial charge on any atom is -0.496 e. The molecular formula is C20H23NO3. The van der Waals surface area contributed by atoms with Crippen molar-refractivity contribution in [2.45, 2.75) is 31.7 Å². The molecule has 126 valence electrons. The van der Waals surface area contributed by atoms with Crippen LogP contribution in [0.4, 0.5) is 0 Å². The minimum absolute atomic E-state index is 0.298. The van der Waals surface area contributed by atoms with Crippen LogP contribution in [0, 0.1) is 0 Å². The summed E-state index contributed by atoms with van der Waals surface area (Å²) in [5.74, 6) is 0.0681. The Labute approximate surface area is 142 Å². The highest BCUT2D eigenvalue weighted by Crippen LogP contribution is 2.30. The van der Waals surface area contributed by atoms with Crippen LogP contribution >= 0.6 is 0 Å². The number of hydrogen-bond acceptors (Lipinski definition) is 3. The zero-order valence-corrected chi connectivity index (χ0v) is 13.9. The number of hydrogen-bond donors (Lipinski definition) is 2. The van der Waals surface area contributed by atoms with Gasteiger partial charge in [0.1, 0.15) is 5.75 Å². The Morgan fingerprint density at radius 2 is 2.12 bits per heavy atom. The van der Waals surface area contributed by atoms with E-state index >= 15 is 0 Å².